The molecule has 0 aliphatic heterocycles. The molecule has 2 heteroatoms. The zero-order valence-electron chi connectivity index (χ0n) is 10.2. The predicted octanol–water partition coefficient (Wildman–Crippen LogP) is 2.67. The molecule has 0 saturated carbocycles. The maximum absolute atomic E-state index is 9.43. The molecule has 1 aromatic rings. The molecular weight excluding hydrogens is 210 g/mol. The van der Waals surface area contributed by atoms with Crippen LogP contribution < -0.4 is 5.32 Å². The van der Waals surface area contributed by atoms with Crippen LogP contribution in [0.1, 0.15) is 30.9 Å². The molecule has 0 bridgehead atoms. The lowest BCUT2D eigenvalue weighted by molar-refractivity contribution is 0.237. The van der Waals surface area contributed by atoms with Crippen molar-refractivity contribution in [1.29, 1.82) is 0 Å². The van der Waals surface area contributed by atoms with Crippen LogP contribution in [0.25, 0.3) is 0 Å². The second-order valence-electron chi connectivity index (χ2n) is 4.70. The van der Waals surface area contributed by atoms with Crippen molar-refractivity contribution < 1.29 is 5.11 Å². The Balaban J connectivity index is 1.85. The molecule has 17 heavy (non-hydrogen) atoms. The summed E-state index contributed by atoms with van der Waals surface area (Å²) in [5.41, 5.74) is 1.17. The lowest BCUT2D eigenvalue weighted by atomic mass is 9.94. The Morgan fingerprint density at radius 2 is 2.06 bits per heavy atom. The molecule has 92 valence electrons. The van der Waals surface area contributed by atoms with Gasteiger partial charge in [0.1, 0.15) is 0 Å². The van der Waals surface area contributed by atoms with Crippen molar-refractivity contribution in [2.45, 2.75) is 25.3 Å². The minimum atomic E-state index is 0.0714. The minimum Gasteiger partial charge on any atom is -0.394 e. The molecule has 2 nitrogen and oxygen atoms in total. The number of allylic oxidation sites excluding steroid dienone is 2. The molecule has 0 heterocycles. The number of hydrogen-bond acceptors (Lipinski definition) is 2. The van der Waals surface area contributed by atoms with E-state index < -0.39 is 0 Å². The number of aliphatic hydroxyl groups excluding tert-OH is 1. The Morgan fingerprint density at radius 3 is 2.71 bits per heavy atom. The fourth-order valence-corrected chi connectivity index (χ4v) is 2.32. The molecule has 2 unspecified atom stereocenters. The molecule has 0 spiro atoms. The lowest BCUT2D eigenvalue weighted by Crippen LogP contribution is -2.30. The first-order chi connectivity index (χ1) is 8.40. The van der Waals surface area contributed by atoms with E-state index in [1.807, 2.05) is 18.2 Å². The van der Waals surface area contributed by atoms with Crippen molar-refractivity contribution in [1.82, 2.24) is 5.32 Å². The van der Waals surface area contributed by atoms with E-state index in [1.165, 1.54) is 24.8 Å². The van der Waals surface area contributed by atoms with Gasteiger partial charge in [-0.05, 0) is 37.3 Å². The number of rotatable bonds is 5. The molecule has 1 aromatic carbocycles. The fraction of sp³-hybridized carbons (Fsp3) is 0.467. The van der Waals surface area contributed by atoms with Crippen LogP contribution >= 0.6 is 0 Å². The summed E-state index contributed by atoms with van der Waals surface area (Å²) in [5.74, 6) is 0.720. The minimum absolute atomic E-state index is 0.0714. The van der Waals surface area contributed by atoms with E-state index in [4.69, 9.17) is 0 Å². The van der Waals surface area contributed by atoms with Crippen LogP contribution in [-0.4, -0.2) is 18.3 Å². The molecule has 2 rings (SSSR count). The fourth-order valence-electron chi connectivity index (χ4n) is 2.32. The maximum Gasteiger partial charge on any atom is 0.0626 e. The average Bonchev–Trinajstić information content (AvgIpc) is 2.42. The van der Waals surface area contributed by atoms with Crippen molar-refractivity contribution in [3.05, 3.63) is 48.0 Å². The largest absolute Gasteiger partial charge is 0.394 e. The van der Waals surface area contributed by atoms with E-state index in [1.54, 1.807) is 0 Å². The molecule has 0 saturated heterocycles. The molecule has 0 fully saturated rings. The Labute approximate surface area is 103 Å². The first kappa shape index (κ1) is 12.3. The van der Waals surface area contributed by atoms with E-state index in [9.17, 15) is 5.11 Å². The van der Waals surface area contributed by atoms with Gasteiger partial charge < -0.3 is 10.4 Å². The van der Waals surface area contributed by atoms with Crippen LogP contribution in [0.2, 0.25) is 0 Å². The summed E-state index contributed by atoms with van der Waals surface area (Å²) in [6.45, 7) is 1.15. The zero-order valence-corrected chi connectivity index (χ0v) is 10.2. The molecule has 0 amide bonds. The average molecular weight is 231 g/mol. The first-order valence-corrected chi connectivity index (χ1v) is 6.44. The highest BCUT2D eigenvalue weighted by Crippen LogP contribution is 2.19. The summed E-state index contributed by atoms with van der Waals surface area (Å²) in [6, 6.07) is 10.2. The van der Waals surface area contributed by atoms with Gasteiger partial charge in [-0.15, -0.1) is 0 Å². The van der Waals surface area contributed by atoms with Crippen LogP contribution in [0, 0.1) is 5.92 Å². The van der Waals surface area contributed by atoms with Crippen molar-refractivity contribution in [2.24, 2.45) is 5.92 Å². The van der Waals surface area contributed by atoms with Gasteiger partial charge in [0.25, 0.3) is 0 Å². The van der Waals surface area contributed by atoms with Gasteiger partial charge in [-0.2, -0.15) is 0 Å². The SMILES string of the molecule is OCC(NCC1CC=CCC1)c1ccccc1. The van der Waals surface area contributed by atoms with E-state index in [0.29, 0.717) is 0 Å². The quantitative estimate of drug-likeness (QED) is 0.764. The van der Waals surface area contributed by atoms with E-state index in [-0.39, 0.29) is 12.6 Å². The molecular formula is C15H21NO. The molecule has 0 radical (unpaired) electrons. The summed E-state index contributed by atoms with van der Waals surface area (Å²) in [6.07, 6.45) is 8.15. The number of nitrogens with one attached hydrogen (secondary N) is 1. The van der Waals surface area contributed by atoms with Gasteiger partial charge in [-0.25, -0.2) is 0 Å². The molecule has 2 N–H and O–H groups in total. The van der Waals surface area contributed by atoms with Crippen molar-refractivity contribution in [3.8, 4) is 0 Å². The van der Waals surface area contributed by atoms with Gasteiger partial charge in [0.05, 0.1) is 12.6 Å². The third-order valence-corrected chi connectivity index (χ3v) is 3.42. The molecule has 1 aliphatic carbocycles. The van der Waals surface area contributed by atoms with Gasteiger partial charge in [0.15, 0.2) is 0 Å². The Bertz CT molecular complexity index is 347. The number of benzene rings is 1. The van der Waals surface area contributed by atoms with Crippen molar-refractivity contribution in [2.75, 3.05) is 13.2 Å². The number of aliphatic hydroxyl groups is 1. The van der Waals surface area contributed by atoms with Gasteiger partial charge in [0.2, 0.25) is 0 Å². The second kappa shape index (κ2) is 6.58. The summed E-state index contributed by atoms with van der Waals surface area (Å²) in [4.78, 5) is 0. The highest BCUT2D eigenvalue weighted by atomic mass is 16.3. The van der Waals surface area contributed by atoms with Crippen LogP contribution in [0.15, 0.2) is 42.5 Å². The van der Waals surface area contributed by atoms with Crippen LogP contribution in [0.3, 0.4) is 0 Å². The Hall–Kier alpha value is -1.12. The van der Waals surface area contributed by atoms with Gasteiger partial charge in [-0.1, -0.05) is 42.5 Å². The van der Waals surface area contributed by atoms with E-state index in [0.717, 1.165) is 12.5 Å². The monoisotopic (exact) mass is 231 g/mol. The third-order valence-electron chi connectivity index (χ3n) is 3.42. The van der Waals surface area contributed by atoms with E-state index >= 15 is 0 Å². The highest BCUT2D eigenvalue weighted by molar-refractivity contribution is 5.18. The van der Waals surface area contributed by atoms with Gasteiger partial charge in [0, 0.05) is 0 Å². The molecule has 2 atom stereocenters. The van der Waals surface area contributed by atoms with Crippen molar-refractivity contribution in [3.63, 3.8) is 0 Å². The number of hydrogen-bond donors (Lipinski definition) is 2. The smallest absolute Gasteiger partial charge is 0.0626 e. The van der Waals surface area contributed by atoms with Crippen molar-refractivity contribution >= 4 is 0 Å². The zero-order chi connectivity index (χ0) is 11.9. The summed E-state index contributed by atoms with van der Waals surface area (Å²) in [7, 11) is 0. The van der Waals surface area contributed by atoms with Crippen LogP contribution in [0.5, 0.6) is 0 Å². The van der Waals surface area contributed by atoms with Crippen LogP contribution in [-0.2, 0) is 0 Å². The van der Waals surface area contributed by atoms with Crippen LogP contribution in [0.4, 0.5) is 0 Å². The summed E-state index contributed by atoms with van der Waals surface area (Å²) in [5, 5.41) is 12.9. The third kappa shape index (κ3) is 3.69. The Morgan fingerprint density at radius 1 is 1.24 bits per heavy atom. The predicted molar refractivity (Wildman–Crippen MR) is 70.8 cm³/mol. The van der Waals surface area contributed by atoms with E-state index in [2.05, 4.69) is 29.6 Å². The molecule has 1 aliphatic rings. The summed E-state index contributed by atoms with van der Waals surface area (Å²) >= 11 is 0. The first-order valence-electron chi connectivity index (χ1n) is 6.44. The standard InChI is InChI=1S/C15H21NO/c17-12-15(14-9-5-2-6-10-14)16-11-13-7-3-1-4-8-13/h1-3,5-6,9-10,13,15-17H,4,7-8,11-12H2. The van der Waals surface area contributed by atoms with Gasteiger partial charge >= 0.3 is 0 Å². The maximum atomic E-state index is 9.43. The van der Waals surface area contributed by atoms with Gasteiger partial charge in [-0.3, -0.25) is 0 Å². The lowest BCUT2D eigenvalue weighted by Gasteiger charge is -2.22. The normalized spacial score (nSPS) is 21.4. The topological polar surface area (TPSA) is 32.3 Å². The second-order valence-corrected chi connectivity index (χ2v) is 4.70. The Kier molecular flexibility index (Phi) is 4.77. The summed E-state index contributed by atoms with van der Waals surface area (Å²) < 4.78 is 0. The molecule has 0 aromatic heterocycles. The highest BCUT2D eigenvalue weighted by Gasteiger charge is 2.13.